The van der Waals surface area contributed by atoms with E-state index in [2.05, 4.69) is 119 Å². The van der Waals surface area contributed by atoms with Crippen molar-refractivity contribution in [2.45, 2.75) is 91.0 Å². The van der Waals surface area contributed by atoms with Crippen LogP contribution in [-0.2, 0) is 9.59 Å². The van der Waals surface area contributed by atoms with Gasteiger partial charge in [-0.05, 0) is 147 Å². The molecule has 0 rings (SSSR count). The molecule has 45 heavy (non-hydrogen) atoms. The van der Waals surface area contributed by atoms with Crippen LogP contribution in [0.25, 0.3) is 0 Å². The lowest BCUT2D eigenvalue weighted by Gasteiger charge is -2.33. The molecular formula is C36H77N7O2. The maximum Gasteiger partial charge on any atom is 0.223 e. The van der Waals surface area contributed by atoms with Gasteiger partial charge < -0.3 is 34.7 Å². The van der Waals surface area contributed by atoms with E-state index in [-0.39, 0.29) is 29.1 Å². The van der Waals surface area contributed by atoms with Gasteiger partial charge in [0.15, 0.2) is 0 Å². The quantitative estimate of drug-likeness (QED) is 0.129. The van der Waals surface area contributed by atoms with Gasteiger partial charge in [-0.1, -0.05) is 33.6 Å². The fourth-order valence-corrected chi connectivity index (χ4v) is 5.57. The van der Waals surface area contributed by atoms with Gasteiger partial charge in [0.25, 0.3) is 0 Å². The summed E-state index contributed by atoms with van der Waals surface area (Å²) in [5.74, 6) is 0.0362. The van der Waals surface area contributed by atoms with Crippen LogP contribution in [0.15, 0.2) is 0 Å². The summed E-state index contributed by atoms with van der Waals surface area (Å²) >= 11 is 0. The molecule has 0 saturated heterocycles. The molecular weight excluding hydrogens is 562 g/mol. The summed E-state index contributed by atoms with van der Waals surface area (Å²) in [5, 5.41) is 3.40. The minimum Gasteiger partial charge on any atom is -0.353 e. The van der Waals surface area contributed by atoms with E-state index in [1.807, 2.05) is 0 Å². The molecule has 0 aromatic carbocycles. The van der Waals surface area contributed by atoms with Crippen LogP contribution in [0.4, 0.5) is 0 Å². The standard InChI is InChI=1S/C36H77N7O2/c1-36(2,3)34(20-14-16-23-39(6)7)37-35(45)32(19-13-15-22-38(4)5)31-33(44)21-28-41(10)26-18-27-43(12)30-29-42(11)25-17-24-40(8)9/h32,34H,13-31H2,1-12H3,(H,37,45). The van der Waals surface area contributed by atoms with E-state index >= 15 is 0 Å². The molecule has 9 nitrogen and oxygen atoms in total. The van der Waals surface area contributed by atoms with Crippen LogP contribution < -0.4 is 5.32 Å². The summed E-state index contributed by atoms with van der Waals surface area (Å²) in [6.07, 6.45) is 9.12. The molecule has 0 bridgehead atoms. The zero-order chi connectivity index (χ0) is 34.4. The SMILES string of the molecule is CN(C)CCCCC(CC(=O)CCN(C)CCCN(C)CCN(C)CCCN(C)C)C(=O)NC(CCCCN(C)C)C(C)(C)C. The van der Waals surface area contributed by atoms with Crippen molar-refractivity contribution in [3.8, 4) is 0 Å². The second-order valence-electron chi connectivity index (χ2n) is 15.6. The van der Waals surface area contributed by atoms with E-state index < -0.39 is 0 Å². The number of Topliss-reactive ketones (excluding diaryl/α,β-unsaturated/α-hetero) is 1. The van der Waals surface area contributed by atoms with E-state index in [9.17, 15) is 9.59 Å². The van der Waals surface area contributed by atoms with Crippen LogP contribution in [0.5, 0.6) is 0 Å². The number of likely N-dealkylation sites (N-methyl/N-ethyl adjacent to an activating group) is 2. The average Bonchev–Trinajstić information content (AvgIpc) is 2.92. The Morgan fingerprint density at radius 3 is 1.42 bits per heavy atom. The second-order valence-corrected chi connectivity index (χ2v) is 15.6. The molecule has 2 atom stereocenters. The van der Waals surface area contributed by atoms with Crippen molar-refractivity contribution in [1.82, 2.24) is 34.7 Å². The molecule has 0 spiro atoms. The number of ketones is 1. The highest BCUT2D eigenvalue weighted by Gasteiger charge is 2.29. The van der Waals surface area contributed by atoms with Crippen molar-refractivity contribution in [3.63, 3.8) is 0 Å². The van der Waals surface area contributed by atoms with Gasteiger partial charge in [-0.15, -0.1) is 0 Å². The van der Waals surface area contributed by atoms with Gasteiger partial charge in [0.05, 0.1) is 0 Å². The minimum atomic E-state index is -0.244. The van der Waals surface area contributed by atoms with Gasteiger partial charge in [-0.3, -0.25) is 9.59 Å². The van der Waals surface area contributed by atoms with Gasteiger partial charge in [0.1, 0.15) is 5.78 Å². The number of nitrogens with one attached hydrogen (secondary N) is 1. The molecule has 0 radical (unpaired) electrons. The summed E-state index contributed by atoms with van der Waals surface area (Å²) in [6, 6.07) is 0.110. The topological polar surface area (TPSA) is 65.6 Å². The lowest BCUT2D eigenvalue weighted by atomic mass is 9.83. The molecule has 0 aliphatic carbocycles. The van der Waals surface area contributed by atoms with E-state index in [4.69, 9.17) is 0 Å². The van der Waals surface area contributed by atoms with Crippen LogP contribution in [0.3, 0.4) is 0 Å². The van der Waals surface area contributed by atoms with Crippen LogP contribution in [0.2, 0.25) is 0 Å². The third kappa shape index (κ3) is 25.6. The normalized spacial score (nSPS) is 14.0. The molecule has 0 aromatic rings. The van der Waals surface area contributed by atoms with Crippen LogP contribution >= 0.6 is 0 Å². The highest BCUT2D eigenvalue weighted by atomic mass is 16.2. The first-order chi connectivity index (χ1) is 21.0. The predicted molar refractivity (Wildman–Crippen MR) is 194 cm³/mol. The van der Waals surface area contributed by atoms with Gasteiger partial charge in [0, 0.05) is 44.4 Å². The minimum absolute atomic E-state index is 0.0219. The lowest BCUT2D eigenvalue weighted by molar-refractivity contribution is -0.131. The average molecular weight is 640 g/mol. The Morgan fingerprint density at radius 2 is 0.956 bits per heavy atom. The van der Waals surface area contributed by atoms with E-state index in [0.29, 0.717) is 12.8 Å². The molecule has 2 unspecified atom stereocenters. The number of hydrogen-bond acceptors (Lipinski definition) is 8. The molecule has 1 N–H and O–H groups in total. The van der Waals surface area contributed by atoms with E-state index in [1.54, 1.807) is 0 Å². The predicted octanol–water partition coefficient (Wildman–Crippen LogP) is 4.08. The fraction of sp³-hybridized carbons (Fsp3) is 0.944. The van der Waals surface area contributed by atoms with Gasteiger partial charge in [0.2, 0.25) is 5.91 Å². The molecule has 0 fully saturated rings. The molecule has 0 heterocycles. The van der Waals surface area contributed by atoms with Crippen molar-refractivity contribution in [3.05, 3.63) is 0 Å². The van der Waals surface area contributed by atoms with Crippen molar-refractivity contribution >= 4 is 11.7 Å². The smallest absolute Gasteiger partial charge is 0.223 e. The molecule has 1 amide bonds. The monoisotopic (exact) mass is 640 g/mol. The summed E-state index contributed by atoms with van der Waals surface area (Å²) in [5.41, 5.74) is -0.0219. The zero-order valence-electron chi connectivity index (χ0n) is 32.1. The van der Waals surface area contributed by atoms with Gasteiger partial charge in [-0.2, -0.15) is 0 Å². The highest BCUT2D eigenvalue weighted by Crippen LogP contribution is 2.25. The van der Waals surface area contributed by atoms with Crippen molar-refractivity contribution < 1.29 is 9.59 Å². The van der Waals surface area contributed by atoms with Crippen LogP contribution in [0, 0.1) is 11.3 Å². The second kappa shape index (κ2) is 25.0. The number of hydrogen-bond donors (Lipinski definition) is 1. The van der Waals surface area contributed by atoms with Crippen LogP contribution in [-0.4, -0.2) is 169 Å². The first kappa shape index (κ1) is 43.9. The first-order valence-corrected chi connectivity index (χ1v) is 17.8. The molecule has 9 heteroatoms. The number of nitrogens with zero attached hydrogens (tertiary/aromatic N) is 6. The molecule has 268 valence electrons. The molecule has 0 saturated carbocycles. The maximum absolute atomic E-state index is 13.6. The van der Waals surface area contributed by atoms with Gasteiger partial charge >= 0.3 is 0 Å². The number of unbranched alkanes of at least 4 members (excludes halogenated alkanes) is 2. The number of carbonyl (C=O) groups is 2. The summed E-state index contributed by atoms with van der Waals surface area (Å²) < 4.78 is 0. The Balaban J connectivity index is 4.78. The van der Waals surface area contributed by atoms with Crippen LogP contribution in [0.1, 0.15) is 85.0 Å². The Hall–Kier alpha value is -1.10. The highest BCUT2D eigenvalue weighted by molar-refractivity contribution is 5.87. The van der Waals surface area contributed by atoms with E-state index in [1.165, 1.54) is 6.42 Å². The third-order valence-electron chi connectivity index (χ3n) is 8.82. The third-order valence-corrected chi connectivity index (χ3v) is 8.82. The Kier molecular flexibility index (Phi) is 24.4. The first-order valence-electron chi connectivity index (χ1n) is 17.8. The fourth-order valence-electron chi connectivity index (χ4n) is 5.57. The zero-order valence-corrected chi connectivity index (χ0v) is 32.1. The van der Waals surface area contributed by atoms with Crippen molar-refractivity contribution in [2.75, 3.05) is 122 Å². The number of amides is 1. The molecule has 0 aliphatic rings. The Morgan fingerprint density at radius 1 is 0.533 bits per heavy atom. The van der Waals surface area contributed by atoms with Crippen molar-refractivity contribution in [2.24, 2.45) is 11.3 Å². The summed E-state index contributed by atoms with van der Waals surface area (Å²) in [6.45, 7) is 15.9. The number of carbonyl (C=O) groups excluding carboxylic acids is 2. The Labute approximate surface area is 280 Å². The van der Waals surface area contributed by atoms with Gasteiger partial charge in [-0.25, -0.2) is 0 Å². The maximum atomic E-state index is 13.6. The summed E-state index contributed by atoms with van der Waals surface area (Å²) in [4.78, 5) is 40.5. The molecule has 0 aromatic heterocycles. The molecule has 0 aliphatic heterocycles. The largest absolute Gasteiger partial charge is 0.353 e. The lowest BCUT2D eigenvalue weighted by Crippen LogP contribution is -2.46. The number of rotatable bonds is 28. The summed E-state index contributed by atoms with van der Waals surface area (Å²) in [7, 11) is 19.2. The Bertz CT molecular complexity index is 754. The van der Waals surface area contributed by atoms with Crippen molar-refractivity contribution in [1.29, 1.82) is 0 Å². The van der Waals surface area contributed by atoms with E-state index in [0.717, 1.165) is 104 Å².